The van der Waals surface area contributed by atoms with Crippen LogP contribution in [-0.4, -0.2) is 20.4 Å². The minimum absolute atomic E-state index is 0.280. The first-order valence-electron chi connectivity index (χ1n) is 4.31. The van der Waals surface area contributed by atoms with E-state index in [2.05, 4.69) is 15.9 Å². The van der Waals surface area contributed by atoms with E-state index in [1.807, 2.05) is 0 Å². The predicted molar refractivity (Wildman–Crippen MR) is 60.1 cm³/mol. The van der Waals surface area contributed by atoms with Gasteiger partial charge in [-0.15, -0.1) is 0 Å². The molecule has 0 aromatic heterocycles. The number of alkyl halides is 1. The van der Waals surface area contributed by atoms with Gasteiger partial charge in [0.2, 0.25) is 0 Å². The van der Waals surface area contributed by atoms with Gasteiger partial charge in [0.1, 0.15) is 12.7 Å². The predicted octanol–water partition coefficient (Wildman–Crippen LogP) is 1.48. The maximum Gasteiger partial charge on any atom is 0.324 e. The van der Waals surface area contributed by atoms with Crippen LogP contribution < -0.4 is 5.46 Å². The van der Waals surface area contributed by atoms with E-state index in [1.54, 1.807) is 31.2 Å². The van der Waals surface area contributed by atoms with Crippen molar-refractivity contribution in [2.75, 3.05) is 6.61 Å². The van der Waals surface area contributed by atoms with Gasteiger partial charge in [-0.1, -0.05) is 45.7 Å². The summed E-state index contributed by atoms with van der Waals surface area (Å²) in [6.45, 7) is 2.16. The molecule has 4 heteroatoms. The molecule has 0 aliphatic rings. The molecule has 0 saturated heterocycles. The maximum atomic E-state index is 11.3. The summed E-state index contributed by atoms with van der Waals surface area (Å²) in [6, 6.07) is 7.10. The number of carbonyl (C=O) groups excluding carboxylic acids is 1. The van der Waals surface area contributed by atoms with Crippen molar-refractivity contribution in [3.8, 4) is 0 Å². The van der Waals surface area contributed by atoms with Gasteiger partial charge in [0.05, 0.1) is 6.61 Å². The zero-order valence-electron chi connectivity index (χ0n) is 7.87. The molecule has 0 aliphatic heterocycles. The number of benzene rings is 1. The first-order valence-corrected chi connectivity index (χ1v) is 5.23. The number of hydrogen-bond donors (Lipinski definition) is 0. The highest BCUT2D eigenvalue weighted by Crippen LogP contribution is 2.23. The lowest BCUT2D eigenvalue weighted by molar-refractivity contribution is -0.142. The number of halogens is 1. The van der Waals surface area contributed by atoms with Gasteiger partial charge in [0.15, 0.2) is 0 Å². The fourth-order valence-corrected chi connectivity index (χ4v) is 1.45. The Labute approximate surface area is 93.2 Å². The third kappa shape index (κ3) is 2.87. The van der Waals surface area contributed by atoms with E-state index in [1.165, 1.54) is 0 Å². The van der Waals surface area contributed by atoms with E-state index in [4.69, 9.17) is 12.6 Å². The second-order valence-corrected chi connectivity index (χ2v) is 3.70. The highest BCUT2D eigenvalue weighted by Gasteiger charge is 2.17. The Kier molecular flexibility index (Phi) is 4.20. The fraction of sp³-hybridized carbons (Fsp3) is 0.300. The van der Waals surface area contributed by atoms with Crippen LogP contribution in [0.1, 0.15) is 17.3 Å². The Hall–Kier alpha value is -0.765. The van der Waals surface area contributed by atoms with E-state index in [0.717, 1.165) is 5.56 Å². The quantitative estimate of drug-likeness (QED) is 0.463. The van der Waals surface area contributed by atoms with Crippen LogP contribution in [0.2, 0.25) is 0 Å². The van der Waals surface area contributed by atoms with Crippen molar-refractivity contribution in [2.24, 2.45) is 0 Å². The number of esters is 1. The van der Waals surface area contributed by atoms with Crippen LogP contribution in [0, 0.1) is 0 Å². The summed E-state index contributed by atoms with van der Waals surface area (Å²) in [5.41, 5.74) is 1.52. The Morgan fingerprint density at radius 3 is 2.57 bits per heavy atom. The summed E-state index contributed by atoms with van der Waals surface area (Å²) < 4.78 is 4.87. The molecule has 1 unspecified atom stereocenters. The number of ether oxygens (including phenoxy) is 1. The van der Waals surface area contributed by atoms with Crippen LogP contribution in [-0.2, 0) is 9.53 Å². The molecule has 0 saturated carbocycles. The second kappa shape index (κ2) is 5.20. The van der Waals surface area contributed by atoms with E-state index in [-0.39, 0.29) is 5.97 Å². The summed E-state index contributed by atoms with van der Waals surface area (Å²) in [5.74, 6) is -0.280. The maximum absolute atomic E-state index is 11.3. The van der Waals surface area contributed by atoms with Gasteiger partial charge in [0.25, 0.3) is 0 Å². The van der Waals surface area contributed by atoms with Gasteiger partial charge in [0, 0.05) is 0 Å². The summed E-state index contributed by atoms with van der Waals surface area (Å²) in [7, 11) is 5.53. The van der Waals surface area contributed by atoms with Crippen LogP contribution >= 0.6 is 15.9 Å². The molecule has 1 atom stereocenters. The van der Waals surface area contributed by atoms with Crippen LogP contribution in [0.4, 0.5) is 0 Å². The first kappa shape index (κ1) is 11.3. The van der Waals surface area contributed by atoms with Gasteiger partial charge in [-0.05, 0) is 12.5 Å². The normalized spacial score (nSPS) is 12.1. The van der Waals surface area contributed by atoms with Gasteiger partial charge < -0.3 is 4.74 Å². The third-order valence-electron chi connectivity index (χ3n) is 1.72. The summed E-state index contributed by atoms with van der Waals surface area (Å²) in [5, 5.41) is 0. The molecule has 2 nitrogen and oxygen atoms in total. The molecule has 1 rings (SSSR count). The minimum Gasteiger partial charge on any atom is -0.465 e. The van der Waals surface area contributed by atoms with Crippen molar-refractivity contribution in [3.05, 3.63) is 29.8 Å². The highest BCUT2D eigenvalue weighted by atomic mass is 79.9. The number of hydrogen-bond acceptors (Lipinski definition) is 2. The second-order valence-electron chi connectivity index (χ2n) is 2.78. The molecule has 1 aromatic rings. The van der Waals surface area contributed by atoms with E-state index in [0.29, 0.717) is 12.1 Å². The lowest BCUT2D eigenvalue weighted by Gasteiger charge is -2.09. The van der Waals surface area contributed by atoms with Gasteiger partial charge in [-0.25, -0.2) is 0 Å². The topological polar surface area (TPSA) is 26.3 Å². The molecule has 0 bridgehead atoms. The molecular weight excluding hydrogens is 243 g/mol. The van der Waals surface area contributed by atoms with Crippen molar-refractivity contribution in [2.45, 2.75) is 11.8 Å². The van der Waals surface area contributed by atoms with Crippen LogP contribution in [0.5, 0.6) is 0 Å². The van der Waals surface area contributed by atoms with Crippen molar-refractivity contribution < 1.29 is 9.53 Å². The lowest BCUT2D eigenvalue weighted by atomic mass is 9.95. The summed E-state index contributed by atoms with van der Waals surface area (Å²) in [6.07, 6.45) is 0. The fourth-order valence-electron chi connectivity index (χ4n) is 1.02. The Morgan fingerprint density at radius 2 is 2.07 bits per heavy atom. The molecule has 2 radical (unpaired) electrons. The number of rotatable bonds is 3. The third-order valence-corrected chi connectivity index (χ3v) is 2.63. The average Bonchev–Trinajstić information content (AvgIpc) is 2.18. The van der Waals surface area contributed by atoms with Crippen molar-refractivity contribution in [1.82, 2.24) is 0 Å². The van der Waals surface area contributed by atoms with Crippen molar-refractivity contribution in [1.29, 1.82) is 0 Å². The van der Waals surface area contributed by atoms with Crippen LogP contribution in [0.25, 0.3) is 0 Å². The molecule has 0 N–H and O–H groups in total. The van der Waals surface area contributed by atoms with Crippen LogP contribution in [0.3, 0.4) is 0 Å². The largest absolute Gasteiger partial charge is 0.465 e. The summed E-state index contributed by atoms with van der Waals surface area (Å²) >= 11 is 3.26. The molecule has 14 heavy (non-hydrogen) atoms. The van der Waals surface area contributed by atoms with Gasteiger partial charge in [-0.3, -0.25) is 4.79 Å². The van der Waals surface area contributed by atoms with Crippen LogP contribution in [0.15, 0.2) is 24.3 Å². The van der Waals surface area contributed by atoms with E-state index in [9.17, 15) is 4.79 Å². The molecular formula is C10H10BBrO2. The van der Waals surface area contributed by atoms with E-state index >= 15 is 0 Å². The molecule has 0 heterocycles. The standard InChI is InChI=1S/C10H10BBrO2/c1-2-14-10(13)9(12)7-3-5-8(11)6-4-7/h3-6,9H,2H2,1H3. The molecule has 0 fully saturated rings. The molecule has 72 valence electrons. The molecule has 0 amide bonds. The smallest absolute Gasteiger partial charge is 0.324 e. The lowest BCUT2D eigenvalue weighted by Crippen LogP contribution is -2.11. The Balaban J connectivity index is 2.73. The van der Waals surface area contributed by atoms with Gasteiger partial charge >= 0.3 is 5.97 Å². The molecule has 0 aliphatic carbocycles. The SMILES string of the molecule is [B]c1ccc(C(Br)C(=O)OCC)cc1. The van der Waals surface area contributed by atoms with E-state index < -0.39 is 4.83 Å². The van der Waals surface area contributed by atoms with Crippen molar-refractivity contribution in [3.63, 3.8) is 0 Å². The zero-order valence-corrected chi connectivity index (χ0v) is 9.45. The first-order chi connectivity index (χ1) is 6.65. The monoisotopic (exact) mass is 252 g/mol. The zero-order chi connectivity index (χ0) is 10.6. The average molecular weight is 253 g/mol. The minimum atomic E-state index is -0.414. The molecule has 1 aromatic carbocycles. The molecule has 0 spiro atoms. The summed E-state index contributed by atoms with van der Waals surface area (Å²) in [4.78, 5) is 10.9. The highest BCUT2D eigenvalue weighted by molar-refractivity contribution is 9.09. The van der Waals surface area contributed by atoms with Crippen molar-refractivity contribution >= 4 is 35.2 Å². The van der Waals surface area contributed by atoms with Gasteiger partial charge in [-0.2, -0.15) is 0 Å². The number of carbonyl (C=O) groups is 1. The Bertz CT molecular complexity index is 310. The Morgan fingerprint density at radius 1 is 1.50 bits per heavy atom.